The minimum Gasteiger partial charge on any atom is -0.348 e. The van der Waals surface area contributed by atoms with Gasteiger partial charge in [0.05, 0.1) is 17.7 Å². The molecule has 1 aromatic rings. The first kappa shape index (κ1) is 14.0. The van der Waals surface area contributed by atoms with Gasteiger partial charge in [0.2, 0.25) is 6.23 Å². The molecule has 4 nitrogen and oxygen atoms in total. The van der Waals surface area contributed by atoms with Gasteiger partial charge in [-0.25, -0.2) is 18.0 Å². The molecule has 0 N–H and O–H groups in total. The maximum absolute atomic E-state index is 14.1. The van der Waals surface area contributed by atoms with Crippen LogP contribution >= 0.6 is 0 Å². The van der Waals surface area contributed by atoms with Gasteiger partial charge in [-0.1, -0.05) is 13.8 Å². The van der Waals surface area contributed by atoms with E-state index in [2.05, 4.69) is 4.98 Å². The van der Waals surface area contributed by atoms with Crippen LogP contribution in [-0.4, -0.2) is 21.6 Å². The molecule has 106 valence electrons. The Morgan fingerprint density at radius 3 is 2.68 bits per heavy atom. The molecule has 1 aliphatic heterocycles. The van der Waals surface area contributed by atoms with Crippen LogP contribution in [0.1, 0.15) is 32.2 Å². The van der Waals surface area contributed by atoms with Crippen molar-refractivity contribution in [3.05, 3.63) is 28.2 Å². The highest BCUT2D eigenvalue weighted by Crippen LogP contribution is 2.46. The molecule has 0 spiro atoms. The summed E-state index contributed by atoms with van der Waals surface area (Å²) in [5.41, 5.74) is -1.06. The van der Waals surface area contributed by atoms with Crippen LogP contribution in [0.4, 0.5) is 13.2 Å². The van der Waals surface area contributed by atoms with E-state index in [1.54, 1.807) is 6.92 Å². The summed E-state index contributed by atoms with van der Waals surface area (Å²) in [6.45, 7) is 4.37. The number of hydrogen-bond donors (Lipinski definition) is 0. The predicted molar refractivity (Wildman–Crippen MR) is 61.5 cm³/mol. The van der Waals surface area contributed by atoms with Gasteiger partial charge in [0, 0.05) is 6.20 Å². The molecule has 1 saturated heterocycles. The largest absolute Gasteiger partial charge is 0.350 e. The standard InChI is InChI=1S/C12H15F3N2O2/c1-4-9-6(2)12(14,15)10(19-9)17-5-8(13)7(3)16-11(17)18/h5-6,9-10H,4H2,1-3H3/t6-,9-,10-/m1/s1. The lowest BCUT2D eigenvalue weighted by Crippen LogP contribution is -2.38. The number of aromatic nitrogens is 2. The molecule has 1 aliphatic rings. The first-order valence-corrected chi connectivity index (χ1v) is 6.07. The zero-order chi connectivity index (χ0) is 14.4. The monoisotopic (exact) mass is 276 g/mol. The Hall–Kier alpha value is -1.37. The third-order valence-electron chi connectivity index (χ3n) is 3.54. The Labute approximate surface area is 108 Å². The Kier molecular flexibility index (Phi) is 3.42. The van der Waals surface area contributed by atoms with Gasteiger partial charge in [-0.2, -0.15) is 4.98 Å². The Morgan fingerprint density at radius 2 is 2.16 bits per heavy atom. The van der Waals surface area contributed by atoms with Crippen LogP contribution in [-0.2, 0) is 4.74 Å². The zero-order valence-electron chi connectivity index (χ0n) is 10.9. The second-order valence-corrected chi connectivity index (χ2v) is 4.76. The SMILES string of the molecule is CC[C@H]1O[C@@H](n2cc(F)c(C)nc2=O)C(F)(F)[C@@H]1C. The average Bonchev–Trinajstić information content (AvgIpc) is 2.56. The van der Waals surface area contributed by atoms with Gasteiger partial charge in [-0.05, 0) is 13.3 Å². The van der Waals surface area contributed by atoms with Crippen molar-refractivity contribution in [1.82, 2.24) is 9.55 Å². The van der Waals surface area contributed by atoms with Crippen molar-refractivity contribution in [3.63, 3.8) is 0 Å². The van der Waals surface area contributed by atoms with Crippen LogP contribution in [0, 0.1) is 18.7 Å². The minimum atomic E-state index is -3.24. The molecule has 0 radical (unpaired) electrons. The summed E-state index contributed by atoms with van der Waals surface area (Å²) < 4.78 is 47.4. The highest BCUT2D eigenvalue weighted by molar-refractivity contribution is 5.03. The smallest absolute Gasteiger partial charge is 0.348 e. The third-order valence-corrected chi connectivity index (χ3v) is 3.54. The van der Waals surface area contributed by atoms with E-state index < -0.39 is 35.7 Å². The fourth-order valence-electron chi connectivity index (χ4n) is 2.24. The number of alkyl halides is 2. The van der Waals surface area contributed by atoms with Gasteiger partial charge >= 0.3 is 5.69 Å². The van der Waals surface area contributed by atoms with Crippen molar-refractivity contribution in [2.75, 3.05) is 0 Å². The van der Waals surface area contributed by atoms with E-state index in [0.29, 0.717) is 11.0 Å². The molecule has 7 heteroatoms. The lowest BCUT2D eigenvalue weighted by atomic mass is 9.98. The van der Waals surface area contributed by atoms with Crippen LogP contribution in [0.5, 0.6) is 0 Å². The van der Waals surface area contributed by atoms with Crippen LogP contribution in [0.2, 0.25) is 0 Å². The number of halogens is 3. The molecule has 2 rings (SSSR count). The number of nitrogens with zero attached hydrogens (tertiary/aromatic N) is 2. The first-order chi connectivity index (χ1) is 8.78. The van der Waals surface area contributed by atoms with Crippen molar-refractivity contribution in [2.45, 2.75) is 45.4 Å². The molecule has 0 aromatic carbocycles. The molecule has 2 heterocycles. The number of hydrogen-bond acceptors (Lipinski definition) is 3. The summed E-state index contributed by atoms with van der Waals surface area (Å²) in [5, 5.41) is 0. The summed E-state index contributed by atoms with van der Waals surface area (Å²) in [6, 6.07) is 0. The van der Waals surface area contributed by atoms with E-state index in [4.69, 9.17) is 4.74 Å². The van der Waals surface area contributed by atoms with E-state index in [1.165, 1.54) is 13.8 Å². The maximum Gasteiger partial charge on any atom is 0.350 e. The summed E-state index contributed by atoms with van der Waals surface area (Å²) in [4.78, 5) is 15.0. The van der Waals surface area contributed by atoms with Crippen LogP contribution in [0.15, 0.2) is 11.0 Å². The Balaban J connectivity index is 2.48. The molecular weight excluding hydrogens is 261 g/mol. The molecule has 19 heavy (non-hydrogen) atoms. The maximum atomic E-state index is 14.1. The van der Waals surface area contributed by atoms with Gasteiger partial charge in [0.1, 0.15) is 0 Å². The molecule has 0 amide bonds. The molecule has 0 unspecified atom stereocenters. The highest BCUT2D eigenvalue weighted by Gasteiger charge is 2.57. The van der Waals surface area contributed by atoms with Crippen LogP contribution in [0.3, 0.4) is 0 Å². The second kappa shape index (κ2) is 4.63. The van der Waals surface area contributed by atoms with Crippen molar-refractivity contribution in [1.29, 1.82) is 0 Å². The molecule has 0 saturated carbocycles. The lowest BCUT2D eigenvalue weighted by molar-refractivity contribution is -0.125. The molecule has 0 aliphatic carbocycles. The summed E-state index contributed by atoms with van der Waals surface area (Å²) in [5.74, 6) is -5.10. The molecule has 0 bridgehead atoms. The highest BCUT2D eigenvalue weighted by atomic mass is 19.3. The van der Waals surface area contributed by atoms with Gasteiger partial charge < -0.3 is 4.74 Å². The van der Waals surface area contributed by atoms with E-state index in [9.17, 15) is 18.0 Å². The van der Waals surface area contributed by atoms with Crippen molar-refractivity contribution >= 4 is 0 Å². The van der Waals surface area contributed by atoms with Crippen LogP contribution in [0.25, 0.3) is 0 Å². The normalized spacial score (nSPS) is 29.7. The molecule has 1 aromatic heterocycles. The lowest BCUT2D eigenvalue weighted by Gasteiger charge is -2.21. The van der Waals surface area contributed by atoms with Gasteiger partial charge in [0.25, 0.3) is 5.92 Å². The molecule has 1 fully saturated rings. The van der Waals surface area contributed by atoms with E-state index >= 15 is 0 Å². The van der Waals surface area contributed by atoms with E-state index in [-0.39, 0.29) is 5.69 Å². The van der Waals surface area contributed by atoms with Crippen LogP contribution < -0.4 is 5.69 Å². The topological polar surface area (TPSA) is 44.1 Å². The summed E-state index contributed by atoms with van der Waals surface area (Å²) in [6.07, 6.45) is -1.35. The fourth-order valence-corrected chi connectivity index (χ4v) is 2.24. The number of rotatable bonds is 2. The first-order valence-electron chi connectivity index (χ1n) is 6.07. The Bertz CT molecular complexity index is 544. The minimum absolute atomic E-state index is 0.123. The van der Waals surface area contributed by atoms with Gasteiger partial charge in [-0.3, -0.25) is 4.57 Å². The van der Waals surface area contributed by atoms with Gasteiger partial charge in [0.15, 0.2) is 5.82 Å². The second-order valence-electron chi connectivity index (χ2n) is 4.76. The predicted octanol–water partition coefficient (Wildman–Crippen LogP) is 2.27. The van der Waals surface area contributed by atoms with E-state index in [0.717, 1.165) is 6.20 Å². The summed E-state index contributed by atoms with van der Waals surface area (Å²) in [7, 11) is 0. The molecular formula is C12H15F3N2O2. The van der Waals surface area contributed by atoms with Crippen molar-refractivity contribution in [3.8, 4) is 0 Å². The fraction of sp³-hybridized carbons (Fsp3) is 0.667. The third kappa shape index (κ3) is 2.16. The van der Waals surface area contributed by atoms with E-state index in [1.807, 2.05) is 0 Å². The average molecular weight is 276 g/mol. The zero-order valence-corrected chi connectivity index (χ0v) is 10.9. The Morgan fingerprint density at radius 1 is 1.53 bits per heavy atom. The molecule has 3 atom stereocenters. The van der Waals surface area contributed by atoms with Crippen molar-refractivity contribution < 1.29 is 17.9 Å². The summed E-state index contributed by atoms with van der Waals surface area (Å²) >= 11 is 0. The quantitative estimate of drug-likeness (QED) is 0.832. The van der Waals surface area contributed by atoms with Gasteiger partial charge in [-0.15, -0.1) is 0 Å². The van der Waals surface area contributed by atoms with Crippen molar-refractivity contribution in [2.24, 2.45) is 5.92 Å². The number of aryl methyl sites for hydroxylation is 1. The number of ether oxygens (including phenoxy) is 1.